The second-order valence-corrected chi connectivity index (χ2v) is 4.33. The molecule has 0 bridgehead atoms. The van der Waals surface area contributed by atoms with Gasteiger partial charge in [0.25, 0.3) is 0 Å². The number of nitrogens with one attached hydrogen (secondary N) is 1. The molecule has 3 nitrogen and oxygen atoms in total. The molecule has 13 heavy (non-hydrogen) atoms. The minimum absolute atomic E-state index is 0.151. The highest BCUT2D eigenvalue weighted by molar-refractivity contribution is 5.75. The van der Waals surface area contributed by atoms with Gasteiger partial charge in [0.15, 0.2) is 0 Å². The van der Waals surface area contributed by atoms with Gasteiger partial charge in [0.1, 0.15) is 0 Å². The predicted molar refractivity (Wildman–Crippen MR) is 53.3 cm³/mol. The largest absolute Gasteiger partial charge is 0.356 e. The minimum atomic E-state index is 0.151. The van der Waals surface area contributed by atoms with Gasteiger partial charge in [0.2, 0.25) is 5.91 Å². The molecule has 3 N–H and O–H groups in total. The predicted octanol–water partition coefficient (Wildman–Crippen LogP) is 1.03. The van der Waals surface area contributed by atoms with Crippen molar-refractivity contribution in [3.63, 3.8) is 0 Å². The van der Waals surface area contributed by atoms with E-state index in [9.17, 15) is 4.79 Å². The third-order valence-corrected chi connectivity index (χ3v) is 2.88. The monoisotopic (exact) mass is 184 g/mol. The quantitative estimate of drug-likeness (QED) is 0.670. The molecule has 1 aliphatic carbocycles. The van der Waals surface area contributed by atoms with Crippen LogP contribution in [0.25, 0.3) is 0 Å². The van der Waals surface area contributed by atoms with Gasteiger partial charge >= 0.3 is 0 Å². The van der Waals surface area contributed by atoms with Crippen molar-refractivity contribution in [1.82, 2.24) is 5.32 Å². The van der Waals surface area contributed by atoms with Crippen LogP contribution in [0.15, 0.2) is 0 Å². The fourth-order valence-electron chi connectivity index (χ4n) is 1.62. The second kappa shape index (κ2) is 4.61. The maximum absolute atomic E-state index is 11.2. The molecule has 1 fully saturated rings. The zero-order chi connectivity index (χ0) is 9.73. The van der Waals surface area contributed by atoms with E-state index in [2.05, 4.69) is 12.2 Å². The number of carbonyl (C=O) groups is 1. The van der Waals surface area contributed by atoms with Crippen molar-refractivity contribution >= 4 is 5.91 Å². The Hall–Kier alpha value is -0.570. The van der Waals surface area contributed by atoms with Crippen LogP contribution in [0.3, 0.4) is 0 Å². The summed E-state index contributed by atoms with van der Waals surface area (Å²) in [5.41, 5.74) is 5.70. The van der Waals surface area contributed by atoms with Gasteiger partial charge < -0.3 is 11.1 Å². The first kappa shape index (κ1) is 10.5. The Balaban J connectivity index is 2.07. The first-order chi connectivity index (χ1) is 6.16. The highest BCUT2D eigenvalue weighted by Gasteiger charge is 2.31. The summed E-state index contributed by atoms with van der Waals surface area (Å²) in [5, 5.41) is 2.97. The van der Waals surface area contributed by atoms with Crippen LogP contribution in [-0.4, -0.2) is 19.0 Å². The van der Waals surface area contributed by atoms with E-state index in [1.54, 1.807) is 0 Å². The number of amides is 1. The Bertz CT molecular complexity index is 176. The lowest BCUT2D eigenvalue weighted by Gasteiger charge is -2.38. The SMILES string of the molecule is CC1(CNC(=O)CCCN)CCC1. The summed E-state index contributed by atoms with van der Waals surface area (Å²) in [7, 11) is 0. The molecule has 0 aromatic heterocycles. The average molecular weight is 184 g/mol. The lowest BCUT2D eigenvalue weighted by molar-refractivity contribution is -0.121. The number of hydrogen-bond acceptors (Lipinski definition) is 2. The fourth-order valence-corrected chi connectivity index (χ4v) is 1.62. The molecule has 0 unspecified atom stereocenters. The summed E-state index contributed by atoms with van der Waals surface area (Å²) in [6.07, 6.45) is 5.19. The minimum Gasteiger partial charge on any atom is -0.356 e. The first-order valence-electron chi connectivity index (χ1n) is 5.13. The van der Waals surface area contributed by atoms with E-state index in [4.69, 9.17) is 5.73 Å². The molecule has 0 spiro atoms. The Labute approximate surface area is 80.1 Å². The number of carbonyl (C=O) groups excluding carboxylic acids is 1. The maximum atomic E-state index is 11.2. The van der Waals surface area contributed by atoms with Gasteiger partial charge in [-0.3, -0.25) is 4.79 Å². The fraction of sp³-hybridized carbons (Fsp3) is 0.900. The lowest BCUT2D eigenvalue weighted by atomic mass is 9.70. The van der Waals surface area contributed by atoms with Gasteiger partial charge in [-0.2, -0.15) is 0 Å². The van der Waals surface area contributed by atoms with Gasteiger partial charge in [-0.05, 0) is 31.2 Å². The van der Waals surface area contributed by atoms with Gasteiger partial charge in [-0.15, -0.1) is 0 Å². The summed E-state index contributed by atoms with van der Waals surface area (Å²) >= 11 is 0. The molecule has 1 amide bonds. The van der Waals surface area contributed by atoms with Crippen molar-refractivity contribution in [3.8, 4) is 0 Å². The van der Waals surface area contributed by atoms with Gasteiger partial charge in [0, 0.05) is 13.0 Å². The molecular formula is C10H20N2O. The van der Waals surface area contributed by atoms with Crippen molar-refractivity contribution in [1.29, 1.82) is 0 Å². The lowest BCUT2D eigenvalue weighted by Crippen LogP contribution is -2.39. The normalized spacial score (nSPS) is 19.2. The third-order valence-electron chi connectivity index (χ3n) is 2.88. The van der Waals surface area contributed by atoms with Crippen LogP contribution in [0.5, 0.6) is 0 Å². The van der Waals surface area contributed by atoms with Gasteiger partial charge in [0.05, 0.1) is 0 Å². The van der Waals surface area contributed by atoms with E-state index in [1.807, 2.05) is 0 Å². The zero-order valence-electron chi connectivity index (χ0n) is 8.44. The smallest absolute Gasteiger partial charge is 0.220 e. The van der Waals surface area contributed by atoms with Crippen molar-refractivity contribution in [3.05, 3.63) is 0 Å². The molecule has 1 aliphatic rings. The number of rotatable bonds is 5. The molecule has 3 heteroatoms. The molecule has 76 valence electrons. The standard InChI is InChI=1S/C10H20N2O/c1-10(5-3-6-10)8-12-9(13)4-2-7-11/h2-8,11H2,1H3,(H,12,13). The number of nitrogens with two attached hydrogens (primary N) is 1. The summed E-state index contributed by atoms with van der Waals surface area (Å²) < 4.78 is 0. The molecule has 1 rings (SSSR count). The summed E-state index contributed by atoms with van der Waals surface area (Å²) in [4.78, 5) is 11.2. The van der Waals surface area contributed by atoms with Crippen LogP contribution < -0.4 is 11.1 Å². The van der Waals surface area contributed by atoms with Crippen molar-refractivity contribution in [2.45, 2.75) is 39.0 Å². The molecule has 0 saturated heterocycles. The summed E-state index contributed by atoms with van der Waals surface area (Å²) in [6.45, 7) is 3.68. The molecule has 0 aromatic rings. The first-order valence-corrected chi connectivity index (χ1v) is 5.13. The molecule has 0 radical (unpaired) electrons. The average Bonchev–Trinajstić information content (AvgIpc) is 2.08. The van der Waals surface area contributed by atoms with Crippen molar-refractivity contribution in [2.75, 3.05) is 13.1 Å². The van der Waals surface area contributed by atoms with E-state index in [-0.39, 0.29) is 5.91 Å². The number of hydrogen-bond donors (Lipinski definition) is 2. The molecule has 1 saturated carbocycles. The van der Waals surface area contributed by atoms with E-state index >= 15 is 0 Å². The van der Waals surface area contributed by atoms with Crippen LogP contribution >= 0.6 is 0 Å². The maximum Gasteiger partial charge on any atom is 0.220 e. The van der Waals surface area contributed by atoms with E-state index in [0.29, 0.717) is 18.4 Å². The van der Waals surface area contributed by atoms with Gasteiger partial charge in [-0.1, -0.05) is 13.3 Å². The van der Waals surface area contributed by atoms with E-state index in [0.717, 1.165) is 13.0 Å². The Kier molecular flexibility index (Phi) is 3.72. The van der Waals surface area contributed by atoms with Crippen LogP contribution in [0.4, 0.5) is 0 Å². The Morgan fingerprint density at radius 3 is 2.69 bits per heavy atom. The molecule has 0 heterocycles. The molecule has 0 aliphatic heterocycles. The topological polar surface area (TPSA) is 55.1 Å². The van der Waals surface area contributed by atoms with E-state index in [1.165, 1.54) is 19.3 Å². The van der Waals surface area contributed by atoms with Crippen LogP contribution in [0, 0.1) is 5.41 Å². The highest BCUT2D eigenvalue weighted by Crippen LogP contribution is 2.39. The Morgan fingerprint density at radius 1 is 1.54 bits per heavy atom. The summed E-state index contributed by atoms with van der Waals surface area (Å²) in [5.74, 6) is 0.151. The Morgan fingerprint density at radius 2 is 2.23 bits per heavy atom. The van der Waals surface area contributed by atoms with Crippen molar-refractivity contribution < 1.29 is 4.79 Å². The van der Waals surface area contributed by atoms with E-state index < -0.39 is 0 Å². The highest BCUT2D eigenvalue weighted by atomic mass is 16.1. The van der Waals surface area contributed by atoms with Crippen LogP contribution in [-0.2, 0) is 4.79 Å². The summed E-state index contributed by atoms with van der Waals surface area (Å²) in [6, 6.07) is 0. The van der Waals surface area contributed by atoms with Crippen molar-refractivity contribution in [2.24, 2.45) is 11.1 Å². The van der Waals surface area contributed by atoms with Crippen LogP contribution in [0.2, 0.25) is 0 Å². The molecule has 0 atom stereocenters. The second-order valence-electron chi connectivity index (χ2n) is 4.33. The van der Waals surface area contributed by atoms with Gasteiger partial charge in [-0.25, -0.2) is 0 Å². The van der Waals surface area contributed by atoms with Crippen LogP contribution in [0.1, 0.15) is 39.0 Å². The molecule has 0 aromatic carbocycles. The zero-order valence-corrected chi connectivity index (χ0v) is 8.44. The third kappa shape index (κ3) is 3.35. The molecular weight excluding hydrogens is 164 g/mol.